The van der Waals surface area contributed by atoms with E-state index < -0.39 is 24.9 Å². The quantitative estimate of drug-likeness (QED) is 0.371. The van der Waals surface area contributed by atoms with Crippen LogP contribution in [0.1, 0.15) is 47.8 Å². The van der Waals surface area contributed by atoms with E-state index in [-0.39, 0.29) is 24.0 Å². The predicted octanol–water partition coefficient (Wildman–Crippen LogP) is 5.13. The first-order chi connectivity index (χ1) is 18.1. The van der Waals surface area contributed by atoms with Gasteiger partial charge >= 0.3 is 6.36 Å². The maximum Gasteiger partial charge on any atom is 0.522 e. The van der Waals surface area contributed by atoms with Gasteiger partial charge in [-0.15, -0.1) is 13.2 Å². The summed E-state index contributed by atoms with van der Waals surface area (Å²) in [5, 5.41) is 9.42. The summed E-state index contributed by atoms with van der Waals surface area (Å²) in [6.45, 7) is 1.08. The van der Waals surface area contributed by atoms with Crippen molar-refractivity contribution in [3.63, 3.8) is 0 Å². The highest BCUT2D eigenvalue weighted by atomic mass is 19.4. The van der Waals surface area contributed by atoms with Crippen LogP contribution in [0.5, 0.6) is 5.75 Å². The number of halogens is 4. The number of hydrogen-bond acceptors (Lipinski definition) is 6. The van der Waals surface area contributed by atoms with E-state index in [1.165, 1.54) is 16.8 Å². The normalized spacial score (nSPS) is 18.2. The molecule has 12 heteroatoms. The van der Waals surface area contributed by atoms with Gasteiger partial charge in [-0.1, -0.05) is 0 Å². The predicted molar refractivity (Wildman–Crippen MR) is 130 cm³/mol. The fraction of sp³-hybridized carbons (Fsp3) is 0.346. The molecule has 1 aromatic carbocycles. The van der Waals surface area contributed by atoms with Gasteiger partial charge in [-0.05, 0) is 44.0 Å². The number of hydrogen-bond donors (Lipinski definition) is 1. The number of pyridine rings is 1. The molecule has 1 aliphatic carbocycles. The molecule has 4 aromatic rings. The zero-order valence-electron chi connectivity index (χ0n) is 20.6. The SMILES string of the molecule is C[C@H]1Oc2cc(cnc2N)-c2c3c(nn2CCOC(F)(F)F)CCC3c2cn(C)nc2-c2ccc(F)cc21. The van der Waals surface area contributed by atoms with E-state index in [4.69, 9.17) is 15.6 Å². The van der Waals surface area contributed by atoms with Crippen LogP contribution in [0.15, 0.2) is 36.7 Å². The lowest BCUT2D eigenvalue weighted by atomic mass is 9.88. The number of nitrogen functional groups attached to an aromatic ring is 1. The molecular formula is C26H24F4N6O2. The molecule has 0 amide bonds. The van der Waals surface area contributed by atoms with Gasteiger partial charge in [0.2, 0.25) is 0 Å². The van der Waals surface area contributed by atoms with Gasteiger partial charge < -0.3 is 10.5 Å². The summed E-state index contributed by atoms with van der Waals surface area (Å²) in [7, 11) is 1.82. The number of benzene rings is 1. The second kappa shape index (κ2) is 8.83. The maximum atomic E-state index is 14.4. The Hall–Kier alpha value is -3.93. The van der Waals surface area contributed by atoms with Gasteiger partial charge in [0, 0.05) is 53.2 Å². The first-order valence-electron chi connectivity index (χ1n) is 12.1. The van der Waals surface area contributed by atoms with Crippen LogP contribution in [-0.4, -0.2) is 37.5 Å². The van der Waals surface area contributed by atoms with Gasteiger partial charge in [0.25, 0.3) is 0 Å². The highest BCUT2D eigenvalue weighted by Crippen LogP contribution is 2.48. The summed E-state index contributed by atoms with van der Waals surface area (Å²) >= 11 is 0. The van der Waals surface area contributed by atoms with Crippen LogP contribution in [0.3, 0.4) is 0 Å². The average Bonchev–Trinajstić information content (AvgIpc) is 3.52. The van der Waals surface area contributed by atoms with E-state index in [1.807, 2.05) is 13.2 Å². The van der Waals surface area contributed by atoms with Crippen molar-refractivity contribution in [1.29, 1.82) is 0 Å². The molecule has 0 saturated heterocycles. The van der Waals surface area contributed by atoms with Crippen molar-refractivity contribution in [1.82, 2.24) is 24.5 Å². The van der Waals surface area contributed by atoms with Gasteiger partial charge in [-0.25, -0.2) is 9.37 Å². The molecule has 0 spiro atoms. The molecule has 8 nitrogen and oxygen atoms in total. The number of aryl methyl sites for hydroxylation is 2. The molecule has 0 saturated carbocycles. The molecular weight excluding hydrogens is 504 g/mol. The number of rotatable bonds is 3. The number of alkyl halides is 3. The van der Waals surface area contributed by atoms with Crippen molar-refractivity contribution in [3.05, 3.63) is 64.9 Å². The zero-order valence-corrected chi connectivity index (χ0v) is 20.6. The number of nitrogens with zero attached hydrogens (tertiary/aromatic N) is 5. The summed E-state index contributed by atoms with van der Waals surface area (Å²) in [4.78, 5) is 4.31. The fourth-order valence-corrected chi connectivity index (χ4v) is 5.52. The Morgan fingerprint density at radius 2 is 2.00 bits per heavy atom. The first-order valence-corrected chi connectivity index (χ1v) is 12.1. The number of nitrogens with two attached hydrogens (primary N) is 1. The largest absolute Gasteiger partial charge is 0.522 e. The average molecular weight is 529 g/mol. The van der Waals surface area contributed by atoms with Crippen LogP contribution in [-0.2, 0) is 24.8 Å². The molecule has 2 aliphatic rings. The van der Waals surface area contributed by atoms with Crippen molar-refractivity contribution in [2.24, 2.45) is 7.05 Å². The van der Waals surface area contributed by atoms with E-state index >= 15 is 0 Å². The van der Waals surface area contributed by atoms with Crippen LogP contribution in [0, 0.1) is 5.82 Å². The number of fused-ring (bicyclic) bond motifs is 7. The minimum atomic E-state index is -4.74. The van der Waals surface area contributed by atoms with Crippen LogP contribution in [0.4, 0.5) is 23.4 Å². The Kier molecular flexibility index (Phi) is 5.67. The third kappa shape index (κ3) is 4.18. The molecule has 2 atom stereocenters. The molecule has 1 unspecified atom stereocenters. The summed E-state index contributed by atoms with van der Waals surface area (Å²) < 4.78 is 66.1. The van der Waals surface area contributed by atoms with Gasteiger partial charge in [-0.3, -0.25) is 14.1 Å². The molecule has 4 heterocycles. The van der Waals surface area contributed by atoms with Crippen LogP contribution in [0.25, 0.3) is 22.5 Å². The highest BCUT2D eigenvalue weighted by Gasteiger charge is 2.37. The topological polar surface area (TPSA) is 93.0 Å². The monoisotopic (exact) mass is 528 g/mol. The summed E-state index contributed by atoms with van der Waals surface area (Å²) in [6.07, 6.45) is -0.497. The molecule has 3 aromatic heterocycles. The molecule has 38 heavy (non-hydrogen) atoms. The van der Waals surface area contributed by atoms with Crippen molar-refractivity contribution in [3.8, 4) is 28.3 Å². The molecule has 2 bridgehead atoms. The first kappa shape index (κ1) is 24.4. The van der Waals surface area contributed by atoms with Gasteiger partial charge in [-0.2, -0.15) is 10.2 Å². The smallest absolute Gasteiger partial charge is 0.482 e. The van der Waals surface area contributed by atoms with E-state index in [0.29, 0.717) is 28.9 Å². The Labute approximate surface area is 215 Å². The minimum Gasteiger partial charge on any atom is -0.482 e. The van der Waals surface area contributed by atoms with E-state index in [0.717, 1.165) is 28.8 Å². The zero-order chi connectivity index (χ0) is 26.8. The summed E-state index contributed by atoms with van der Waals surface area (Å²) in [6, 6.07) is 6.21. The van der Waals surface area contributed by atoms with Crippen LogP contribution < -0.4 is 10.5 Å². The second-order valence-corrected chi connectivity index (χ2v) is 9.52. The molecule has 0 radical (unpaired) electrons. The lowest BCUT2D eigenvalue weighted by molar-refractivity contribution is -0.325. The van der Waals surface area contributed by atoms with Crippen LogP contribution >= 0.6 is 0 Å². The Balaban J connectivity index is 1.59. The summed E-state index contributed by atoms with van der Waals surface area (Å²) in [5.41, 5.74) is 12.0. The van der Waals surface area contributed by atoms with Gasteiger partial charge in [0.05, 0.1) is 30.2 Å². The van der Waals surface area contributed by atoms with Crippen molar-refractivity contribution >= 4 is 5.82 Å². The van der Waals surface area contributed by atoms with E-state index in [9.17, 15) is 17.6 Å². The number of ether oxygens (including phenoxy) is 2. The van der Waals surface area contributed by atoms with Crippen molar-refractivity contribution < 1.29 is 27.0 Å². The lowest BCUT2D eigenvalue weighted by Crippen LogP contribution is -2.18. The molecule has 0 fully saturated rings. The van der Waals surface area contributed by atoms with E-state index in [2.05, 4.69) is 14.8 Å². The highest BCUT2D eigenvalue weighted by molar-refractivity contribution is 5.74. The minimum absolute atomic E-state index is 0.118. The van der Waals surface area contributed by atoms with Crippen molar-refractivity contribution in [2.45, 2.75) is 44.7 Å². The Bertz CT molecular complexity index is 1540. The fourth-order valence-electron chi connectivity index (χ4n) is 5.52. The second-order valence-electron chi connectivity index (χ2n) is 9.52. The molecule has 1 aliphatic heterocycles. The molecule has 6 rings (SSSR count). The standard InChI is InChI=1S/C26H24F4N6O2/c1-13-18-10-15(27)3-4-17(18)23-19(12-35(2)34-23)16-5-6-20-22(16)24(14-9-21(38-13)25(31)32-11-14)36(33-20)7-8-37-26(28,29)30/h3-4,9-13,16H,5-8H2,1-2H3,(H2,31,32)/t13-,16?/m1/s1. The Morgan fingerprint density at radius 3 is 2.79 bits per heavy atom. The molecule has 198 valence electrons. The third-order valence-electron chi connectivity index (χ3n) is 7.05. The maximum absolute atomic E-state index is 14.4. The van der Waals surface area contributed by atoms with Crippen LogP contribution in [0.2, 0.25) is 0 Å². The summed E-state index contributed by atoms with van der Waals surface area (Å²) in [5.74, 6) is -0.143. The molecule has 2 N–H and O–H groups in total. The third-order valence-corrected chi connectivity index (χ3v) is 7.05. The van der Waals surface area contributed by atoms with Crippen molar-refractivity contribution in [2.75, 3.05) is 12.3 Å². The Morgan fingerprint density at radius 1 is 1.18 bits per heavy atom. The number of anilines is 1. The van der Waals surface area contributed by atoms with E-state index in [1.54, 1.807) is 29.9 Å². The number of aromatic nitrogens is 5. The lowest BCUT2D eigenvalue weighted by Gasteiger charge is -2.22. The van der Waals surface area contributed by atoms with Gasteiger partial charge in [0.1, 0.15) is 11.9 Å². The van der Waals surface area contributed by atoms with Gasteiger partial charge in [0.15, 0.2) is 11.6 Å².